The highest BCUT2D eigenvalue weighted by molar-refractivity contribution is 5.94. The van der Waals surface area contributed by atoms with Gasteiger partial charge in [-0.2, -0.15) is 5.10 Å². The van der Waals surface area contributed by atoms with Crippen molar-refractivity contribution >= 4 is 5.91 Å². The van der Waals surface area contributed by atoms with Gasteiger partial charge in [0.25, 0.3) is 5.91 Å². The minimum Gasteiger partial charge on any atom is -0.341 e. The van der Waals surface area contributed by atoms with Gasteiger partial charge in [0.05, 0.1) is 22.6 Å². The Morgan fingerprint density at radius 2 is 1.91 bits per heavy atom. The molecule has 2 aliphatic carbocycles. The third-order valence-corrected chi connectivity index (χ3v) is 7.28. The maximum Gasteiger partial charge on any atom is 0.274 e. The summed E-state index contributed by atoms with van der Waals surface area (Å²) >= 11 is 0. The minimum atomic E-state index is -0.337. The van der Waals surface area contributed by atoms with Crippen molar-refractivity contribution in [1.82, 2.24) is 35.1 Å². The summed E-state index contributed by atoms with van der Waals surface area (Å²) in [4.78, 5) is 17.6. The van der Waals surface area contributed by atoms with Gasteiger partial charge >= 0.3 is 0 Å². The normalized spacial score (nSPS) is 16.3. The number of pyridine rings is 1. The molecule has 0 aliphatic heterocycles. The number of carbonyl (C=O) groups excluding carboxylic acids is 1. The Kier molecular flexibility index (Phi) is 5.05. The molecule has 4 aromatic rings. The molecule has 0 spiro atoms. The molecule has 3 heterocycles. The molecule has 2 saturated carbocycles. The van der Waals surface area contributed by atoms with Gasteiger partial charge in [0.15, 0.2) is 5.69 Å². The van der Waals surface area contributed by atoms with Gasteiger partial charge in [-0.3, -0.25) is 14.5 Å². The van der Waals surface area contributed by atoms with Crippen molar-refractivity contribution in [1.29, 1.82) is 0 Å². The zero-order valence-corrected chi connectivity index (χ0v) is 20.3. The Labute approximate surface area is 204 Å². The zero-order valence-electron chi connectivity index (χ0n) is 20.3. The zero-order chi connectivity index (χ0) is 24.2. The monoisotopic (exact) mass is 467 g/mol. The van der Waals surface area contributed by atoms with Crippen LogP contribution in [-0.2, 0) is 12.1 Å². The Hall–Kier alpha value is -3.81. The lowest BCUT2D eigenvalue weighted by Crippen LogP contribution is -2.35. The van der Waals surface area contributed by atoms with Crippen LogP contribution in [0.1, 0.15) is 71.7 Å². The molecule has 1 amide bonds. The van der Waals surface area contributed by atoms with Gasteiger partial charge in [-0.15, -0.1) is 5.10 Å². The van der Waals surface area contributed by atoms with Gasteiger partial charge in [0.1, 0.15) is 0 Å². The largest absolute Gasteiger partial charge is 0.341 e. The first-order chi connectivity index (χ1) is 17.0. The second-order valence-electron chi connectivity index (χ2n) is 9.70. The number of aromatic nitrogens is 6. The van der Waals surface area contributed by atoms with Crippen LogP contribution < -0.4 is 5.32 Å². The van der Waals surface area contributed by atoms with Crippen molar-refractivity contribution in [2.75, 3.05) is 0 Å². The van der Waals surface area contributed by atoms with Gasteiger partial charge in [0.2, 0.25) is 0 Å². The second kappa shape index (κ2) is 8.15. The maximum absolute atomic E-state index is 13.4. The second-order valence-corrected chi connectivity index (χ2v) is 9.70. The summed E-state index contributed by atoms with van der Waals surface area (Å²) in [6.07, 6.45) is 7.50. The van der Waals surface area contributed by atoms with E-state index >= 15 is 0 Å². The van der Waals surface area contributed by atoms with Crippen LogP contribution in [0, 0.1) is 13.8 Å². The van der Waals surface area contributed by atoms with Gasteiger partial charge in [-0.05, 0) is 75.8 Å². The van der Waals surface area contributed by atoms with Gasteiger partial charge in [-0.25, -0.2) is 4.68 Å². The summed E-state index contributed by atoms with van der Waals surface area (Å²) in [6, 6.07) is 12.2. The fourth-order valence-electron chi connectivity index (χ4n) is 5.09. The fraction of sp³-hybridized carbons (Fsp3) is 0.370. The SMILES string of the molecule is CCn1nc(C)c(-c2ccc(-n3nnc(C(=O)NC4(c5cccnc5)CC4)c3C3CC3)cc2)c1C. The van der Waals surface area contributed by atoms with Gasteiger partial charge in [-0.1, -0.05) is 23.4 Å². The molecule has 2 fully saturated rings. The van der Waals surface area contributed by atoms with E-state index in [4.69, 9.17) is 0 Å². The van der Waals surface area contributed by atoms with Crippen molar-refractivity contribution in [3.8, 4) is 16.8 Å². The summed E-state index contributed by atoms with van der Waals surface area (Å²) < 4.78 is 3.87. The van der Waals surface area contributed by atoms with Crippen molar-refractivity contribution in [2.24, 2.45) is 0 Å². The Bertz CT molecular complexity index is 1390. The first kappa shape index (κ1) is 21.7. The molecule has 6 rings (SSSR count). The van der Waals surface area contributed by atoms with Crippen LogP contribution in [0.5, 0.6) is 0 Å². The molecule has 178 valence electrons. The van der Waals surface area contributed by atoms with Crippen LogP contribution in [0.25, 0.3) is 16.8 Å². The molecule has 0 bridgehead atoms. The summed E-state index contributed by atoms with van der Waals surface area (Å²) in [5, 5.41) is 16.7. The molecule has 8 nitrogen and oxygen atoms in total. The number of hydrogen-bond acceptors (Lipinski definition) is 5. The summed E-state index contributed by atoms with van der Waals surface area (Å²) in [5.74, 6) is 0.153. The number of benzene rings is 1. The smallest absolute Gasteiger partial charge is 0.274 e. The number of nitrogens with zero attached hydrogens (tertiary/aromatic N) is 6. The van der Waals surface area contributed by atoms with Gasteiger partial charge < -0.3 is 5.32 Å². The quantitative estimate of drug-likeness (QED) is 0.433. The van der Waals surface area contributed by atoms with Crippen LogP contribution in [0.15, 0.2) is 48.8 Å². The van der Waals surface area contributed by atoms with E-state index in [0.717, 1.165) is 60.4 Å². The van der Waals surface area contributed by atoms with Crippen LogP contribution in [0.4, 0.5) is 0 Å². The highest BCUT2D eigenvalue weighted by atomic mass is 16.2. The first-order valence-corrected chi connectivity index (χ1v) is 12.3. The molecule has 0 unspecified atom stereocenters. The summed E-state index contributed by atoms with van der Waals surface area (Å²) in [6.45, 7) is 7.11. The number of amides is 1. The van der Waals surface area contributed by atoms with Crippen molar-refractivity contribution in [3.05, 3.63) is 77.1 Å². The molecule has 0 saturated heterocycles. The molecular formula is C27H29N7O. The number of aryl methyl sites for hydroxylation is 2. The molecule has 1 N–H and O–H groups in total. The van der Waals surface area contributed by atoms with Crippen LogP contribution >= 0.6 is 0 Å². The number of nitrogens with one attached hydrogen (secondary N) is 1. The Morgan fingerprint density at radius 1 is 1.14 bits per heavy atom. The van der Waals surface area contributed by atoms with Crippen molar-refractivity contribution in [2.45, 2.75) is 64.5 Å². The summed E-state index contributed by atoms with van der Waals surface area (Å²) in [5.41, 5.74) is 7.44. The molecule has 0 atom stereocenters. The van der Waals surface area contributed by atoms with Crippen molar-refractivity contribution < 1.29 is 4.79 Å². The number of carbonyl (C=O) groups is 1. The topological polar surface area (TPSA) is 90.5 Å². The lowest BCUT2D eigenvalue weighted by atomic mass is 10.0. The van der Waals surface area contributed by atoms with E-state index in [1.165, 1.54) is 11.3 Å². The van der Waals surface area contributed by atoms with Crippen LogP contribution in [0.2, 0.25) is 0 Å². The summed E-state index contributed by atoms with van der Waals surface area (Å²) in [7, 11) is 0. The average molecular weight is 468 g/mol. The molecule has 2 aliphatic rings. The molecular weight excluding hydrogens is 438 g/mol. The molecule has 3 aromatic heterocycles. The highest BCUT2D eigenvalue weighted by Crippen LogP contribution is 2.46. The third-order valence-electron chi connectivity index (χ3n) is 7.28. The number of rotatable bonds is 7. The van der Waals surface area contributed by atoms with Crippen LogP contribution in [-0.4, -0.2) is 35.7 Å². The van der Waals surface area contributed by atoms with E-state index in [1.807, 2.05) is 34.6 Å². The van der Waals surface area contributed by atoms with Gasteiger partial charge in [0, 0.05) is 36.1 Å². The van der Waals surface area contributed by atoms with E-state index in [1.54, 1.807) is 6.20 Å². The lowest BCUT2D eigenvalue weighted by Gasteiger charge is -2.17. The van der Waals surface area contributed by atoms with E-state index in [9.17, 15) is 4.79 Å². The Morgan fingerprint density at radius 3 is 2.51 bits per heavy atom. The van der Waals surface area contributed by atoms with E-state index in [0.29, 0.717) is 11.6 Å². The molecule has 8 heteroatoms. The van der Waals surface area contributed by atoms with E-state index < -0.39 is 0 Å². The minimum absolute atomic E-state index is 0.158. The van der Waals surface area contributed by atoms with Crippen LogP contribution in [0.3, 0.4) is 0 Å². The molecule has 1 aromatic carbocycles. The Balaban J connectivity index is 1.30. The predicted molar refractivity (Wildman–Crippen MR) is 132 cm³/mol. The van der Waals surface area contributed by atoms with E-state index in [2.05, 4.69) is 63.8 Å². The fourth-order valence-corrected chi connectivity index (χ4v) is 5.09. The lowest BCUT2D eigenvalue weighted by molar-refractivity contribution is 0.0924. The number of hydrogen-bond donors (Lipinski definition) is 1. The maximum atomic E-state index is 13.4. The van der Waals surface area contributed by atoms with Crippen molar-refractivity contribution in [3.63, 3.8) is 0 Å². The highest BCUT2D eigenvalue weighted by Gasteiger charge is 2.47. The third kappa shape index (κ3) is 3.73. The average Bonchev–Trinajstić information content (AvgIpc) is 3.80. The molecule has 35 heavy (non-hydrogen) atoms. The standard InChI is InChI=1S/C27H29N7O/c1-4-33-18(3)23(17(2)31-33)19-9-11-22(12-10-19)34-25(20-7-8-20)24(30-32-34)26(35)29-27(13-14-27)21-6-5-15-28-16-21/h5-6,9-12,15-16,20H,4,7-8,13-14H2,1-3H3,(H,29,35). The first-order valence-electron chi connectivity index (χ1n) is 12.3. The van der Waals surface area contributed by atoms with E-state index in [-0.39, 0.29) is 11.4 Å². The predicted octanol–water partition coefficient (Wildman–Crippen LogP) is 4.46. The molecule has 0 radical (unpaired) electrons.